The molecule has 21 heavy (non-hydrogen) atoms. The van der Waals surface area contributed by atoms with Crippen molar-refractivity contribution >= 4 is 11.6 Å². The summed E-state index contributed by atoms with van der Waals surface area (Å²) in [5.41, 5.74) is 1.86. The standard InChI is InChI=1S/C16H22N2O3/c1-12(17-20)3-4-13-5-9-15(10-6-13)21-11-16(19)18(2)14-7-8-14/h5-6,9-10,14,20H,3-4,7-8,11H2,1-2H3. The number of ether oxygens (including phenoxy) is 1. The molecule has 1 saturated carbocycles. The lowest BCUT2D eigenvalue weighted by molar-refractivity contribution is -0.132. The fourth-order valence-electron chi connectivity index (χ4n) is 2.04. The van der Waals surface area contributed by atoms with Gasteiger partial charge in [-0.25, -0.2) is 0 Å². The maximum absolute atomic E-state index is 11.8. The summed E-state index contributed by atoms with van der Waals surface area (Å²) in [5.74, 6) is 0.722. The van der Waals surface area contributed by atoms with E-state index in [1.165, 1.54) is 0 Å². The van der Waals surface area contributed by atoms with Crippen molar-refractivity contribution in [2.75, 3.05) is 13.7 Å². The lowest BCUT2D eigenvalue weighted by Crippen LogP contribution is -2.33. The van der Waals surface area contributed by atoms with Crippen molar-refractivity contribution < 1.29 is 14.7 Å². The van der Waals surface area contributed by atoms with Crippen molar-refractivity contribution in [1.82, 2.24) is 4.90 Å². The summed E-state index contributed by atoms with van der Waals surface area (Å²) in [4.78, 5) is 13.6. The summed E-state index contributed by atoms with van der Waals surface area (Å²) in [6, 6.07) is 8.08. The van der Waals surface area contributed by atoms with Gasteiger partial charge in [-0.15, -0.1) is 0 Å². The Morgan fingerprint density at radius 1 is 1.38 bits per heavy atom. The molecule has 114 valence electrons. The first kappa shape index (κ1) is 15.4. The van der Waals surface area contributed by atoms with E-state index in [2.05, 4.69) is 5.16 Å². The van der Waals surface area contributed by atoms with Crippen LogP contribution < -0.4 is 4.74 Å². The van der Waals surface area contributed by atoms with Crippen molar-refractivity contribution in [1.29, 1.82) is 0 Å². The van der Waals surface area contributed by atoms with Crippen molar-refractivity contribution in [2.45, 2.75) is 38.6 Å². The Labute approximate surface area is 125 Å². The van der Waals surface area contributed by atoms with Gasteiger partial charge in [-0.3, -0.25) is 4.79 Å². The number of hydrogen-bond acceptors (Lipinski definition) is 4. The molecule has 5 heteroatoms. The van der Waals surface area contributed by atoms with Gasteiger partial charge in [0.05, 0.1) is 5.71 Å². The molecule has 1 aromatic carbocycles. The van der Waals surface area contributed by atoms with E-state index >= 15 is 0 Å². The zero-order valence-electron chi connectivity index (χ0n) is 12.6. The number of carbonyl (C=O) groups is 1. The number of likely N-dealkylation sites (N-methyl/N-ethyl adjacent to an activating group) is 1. The van der Waals surface area contributed by atoms with Crippen LogP contribution in [0.3, 0.4) is 0 Å². The van der Waals surface area contributed by atoms with E-state index in [9.17, 15) is 4.79 Å². The van der Waals surface area contributed by atoms with Crippen LogP contribution in [0, 0.1) is 0 Å². The van der Waals surface area contributed by atoms with Crippen LogP contribution >= 0.6 is 0 Å². The average molecular weight is 290 g/mol. The van der Waals surface area contributed by atoms with Gasteiger partial charge in [0.1, 0.15) is 5.75 Å². The minimum absolute atomic E-state index is 0.0244. The summed E-state index contributed by atoms with van der Waals surface area (Å²) in [6.45, 7) is 1.88. The van der Waals surface area contributed by atoms with Crippen LogP contribution in [0.4, 0.5) is 0 Å². The molecule has 1 aromatic rings. The Bertz CT molecular complexity index is 507. The third-order valence-corrected chi connectivity index (χ3v) is 3.72. The summed E-state index contributed by atoms with van der Waals surface area (Å²) < 4.78 is 5.51. The third-order valence-electron chi connectivity index (χ3n) is 3.72. The first-order chi connectivity index (χ1) is 10.1. The number of amides is 1. The number of aryl methyl sites for hydroxylation is 1. The van der Waals surface area contributed by atoms with Crippen LogP contribution in [0.2, 0.25) is 0 Å². The average Bonchev–Trinajstić information content (AvgIpc) is 3.35. The Balaban J connectivity index is 1.77. The van der Waals surface area contributed by atoms with Gasteiger partial charge in [0.15, 0.2) is 6.61 Å². The Morgan fingerprint density at radius 2 is 2.05 bits per heavy atom. The Morgan fingerprint density at radius 3 is 2.62 bits per heavy atom. The fraction of sp³-hybridized carbons (Fsp3) is 0.500. The predicted octanol–water partition coefficient (Wildman–Crippen LogP) is 2.47. The zero-order chi connectivity index (χ0) is 15.2. The number of rotatable bonds is 7. The highest BCUT2D eigenvalue weighted by Gasteiger charge is 2.29. The van der Waals surface area contributed by atoms with Crippen LogP contribution in [0.1, 0.15) is 31.7 Å². The van der Waals surface area contributed by atoms with Gasteiger partial charge in [0.25, 0.3) is 5.91 Å². The van der Waals surface area contributed by atoms with Gasteiger partial charge in [-0.05, 0) is 50.3 Å². The highest BCUT2D eigenvalue weighted by atomic mass is 16.5. The van der Waals surface area contributed by atoms with Gasteiger partial charge < -0.3 is 14.8 Å². The van der Waals surface area contributed by atoms with Gasteiger partial charge >= 0.3 is 0 Å². The molecular weight excluding hydrogens is 268 g/mol. The fourth-order valence-corrected chi connectivity index (χ4v) is 2.04. The molecule has 5 nitrogen and oxygen atoms in total. The smallest absolute Gasteiger partial charge is 0.260 e. The molecule has 1 aliphatic carbocycles. The lowest BCUT2D eigenvalue weighted by atomic mass is 10.1. The quantitative estimate of drug-likeness (QED) is 0.477. The van der Waals surface area contributed by atoms with Crippen LogP contribution in [0.25, 0.3) is 0 Å². The molecule has 0 aromatic heterocycles. The van der Waals surface area contributed by atoms with Gasteiger partial charge in [0, 0.05) is 13.1 Å². The zero-order valence-corrected chi connectivity index (χ0v) is 12.6. The van der Waals surface area contributed by atoms with E-state index in [0.717, 1.165) is 31.2 Å². The Hall–Kier alpha value is -2.04. The first-order valence-corrected chi connectivity index (χ1v) is 7.25. The van der Waals surface area contributed by atoms with Crippen LogP contribution in [-0.4, -0.2) is 41.4 Å². The minimum Gasteiger partial charge on any atom is -0.484 e. The molecular formula is C16H22N2O3. The predicted molar refractivity (Wildman–Crippen MR) is 80.9 cm³/mol. The third kappa shape index (κ3) is 4.77. The van der Waals surface area contributed by atoms with Crippen LogP contribution in [0.15, 0.2) is 29.4 Å². The molecule has 1 fully saturated rings. The van der Waals surface area contributed by atoms with Crippen molar-refractivity contribution in [2.24, 2.45) is 5.16 Å². The van der Waals surface area contributed by atoms with Gasteiger partial charge in [0.2, 0.25) is 0 Å². The summed E-state index contributed by atoms with van der Waals surface area (Å²) in [7, 11) is 1.83. The van der Waals surface area contributed by atoms with Crippen LogP contribution in [-0.2, 0) is 11.2 Å². The molecule has 1 N–H and O–H groups in total. The topological polar surface area (TPSA) is 62.1 Å². The minimum atomic E-state index is 0.0244. The second-order valence-corrected chi connectivity index (χ2v) is 5.50. The largest absolute Gasteiger partial charge is 0.484 e. The molecule has 0 unspecified atom stereocenters. The molecule has 0 spiro atoms. The van der Waals surface area contributed by atoms with E-state index in [1.54, 1.807) is 11.8 Å². The molecule has 0 bridgehead atoms. The van der Waals surface area contributed by atoms with E-state index < -0.39 is 0 Å². The molecule has 0 heterocycles. The SMILES string of the molecule is CC(CCc1ccc(OCC(=O)N(C)C2CC2)cc1)=NO. The molecule has 2 rings (SSSR count). The molecule has 0 radical (unpaired) electrons. The number of oxime groups is 1. The summed E-state index contributed by atoms with van der Waals surface area (Å²) >= 11 is 0. The highest BCUT2D eigenvalue weighted by Crippen LogP contribution is 2.25. The maximum atomic E-state index is 11.8. The van der Waals surface area contributed by atoms with E-state index in [4.69, 9.17) is 9.94 Å². The molecule has 1 amide bonds. The monoisotopic (exact) mass is 290 g/mol. The number of benzene rings is 1. The van der Waals surface area contributed by atoms with Crippen LogP contribution in [0.5, 0.6) is 5.75 Å². The normalized spacial score (nSPS) is 14.9. The maximum Gasteiger partial charge on any atom is 0.260 e. The lowest BCUT2D eigenvalue weighted by Gasteiger charge is -2.16. The Kier molecular flexibility index (Phi) is 5.20. The first-order valence-electron chi connectivity index (χ1n) is 7.25. The van der Waals surface area contributed by atoms with Gasteiger partial charge in [-0.2, -0.15) is 0 Å². The molecule has 1 aliphatic rings. The molecule has 0 aliphatic heterocycles. The van der Waals surface area contributed by atoms with E-state index in [1.807, 2.05) is 31.3 Å². The van der Waals surface area contributed by atoms with Crippen molar-refractivity contribution in [3.05, 3.63) is 29.8 Å². The van der Waals surface area contributed by atoms with Crippen molar-refractivity contribution in [3.8, 4) is 5.75 Å². The molecule has 0 atom stereocenters. The number of carbonyl (C=O) groups excluding carboxylic acids is 1. The summed E-state index contributed by atoms with van der Waals surface area (Å²) in [5, 5.41) is 11.8. The summed E-state index contributed by atoms with van der Waals surface area (Å²) in [6.07, 6.45) is 3.75. The highest BCUT2D eigenvalue weighted by molar-refractivity contribution is 5.81. The number of hydrogen-bond donors (Lipinski definition) is 1. The second-order valence-electron chi connectivity index (χ2n) is 5.50. The van der Waals surface area contributed by atoms with E-state index in [-0.39, 0.29) is 12.5 Å². The number of nitrogens with zero attached hydrogens (tertiary/aromatic N) is 2. The van der Waals surface area contributed by atoms with Gasteiger partial charge in [-0.1, -0.05) is 17.3 Å². The van der Waals surface area contributed by atoms with E-state index in [0.29, 0.717) is 17.5 Å². The van der Waals surface area contributed by atoms with Crippen molar-refractivity contribution in [3.63, 3.8) is 0 Å². The molecule has 0 saturated heterocycles. The second kappa shape index (κ2) is 7.11.